The van der Waals surface area contributed by atoms with Crippen molar-refractivity contribution in [2.75, 3.05) is 45.6 Å². The highest BCUT2D eigenvalue weighted by molar-refractivity contribution is 5.95. The van der Waals surface area contributed by atoms with Crippen molar-refractivity contribution < 1.29 is 9.50 Å². The molecule has 3 aromatic heterocycles. The molecular formula is C34H37FN8O2. The second-order valence-corrected chi connectivity index (χ2v) is 11.9. The topological polar surface area (TPSA) is 137 Å². The molecule has 5 aromatic rings. The predicted molar refractivity (Wildman–Crippen MR) is 176 cm³/mol. The van der Waals surface area contributed by atoms with E-state index in [-0.39, 0.29) is 17.9 Å². The number of nitrogens with one attached hydrogen (secondary N) is 3. The van der Waals surface area contributed by atoms with Gasteiger partial charge in [-0.2, -0.15) is 4.98 Å². The number of hydrogen-bond acceptors (Lipinski definition) is 8. The molecule has 232 valence electrons. The van der Waals surface area contributed by atoms with Crippen molar-refractivity contribution in [3.05, 3.63) is 87.7 Å². The van der Waals surface area contributed by atoms with E-state index in [1.807, 2.05) is 25.2 Å². The van der Waals surface area contributed by atoms with Gasteiger partial charge in [0.25, 0.3) is 5.56 Å². The molecule has 2 aromatic carbocycles. The van der Waals surface area contributed by atoms with Gasteiger partial charge >= 0.3 is 0 Å². The Morgan fingerprint density at radius 3 is 2.78 bits per heavy atom. The van der Waals surface area contributed by atoms with Crippen molar-refractivity contribution in [1.29, 1.82) is 0 Å². The van der Waals surface area contributed by atoms with Gasteiger partial charge in [0.1, 0.15) is 11.5 Å². The second kappa shape index (κ2) is 12.2. The summed E-state index contributed by atoms with van der Waals surface area (Å²) < 4.78 is 16.7. The van der Waals surface area contributed by atoms with Crippen LogP contribution in [0.3, 0.4) is 0 Å². The Kier molecular flexibility index (Phi) is 7.92. The number of halogens is 1. The molecule has 0 saturated heterocycles. The fourth-order valence-electron chi connectivity index (χ4n) is 6.34. The number of H-pyrrole nitrogens is 1. The third kappa shape index (κ3) is 5.64. The molecule has 0 amide bonds. The van der Waals surface area contributed by atoms with Crippen LogP contribution < -0.4 is 21.9 Å². The van der Waals surface area contributed by atoms with Gasteiger partial charge in [0.2, 0.25) is 5.95 Å². The molecule has 0 bridgehead atoms. The monoisotopic (exact) mass is 608 g/mol. The zero-order chi connectivity index (χ0) is 31.1. The lowest BCUT2D eigenvalue weighted by molar-refractivity contribution is 0.278. The number of rotatable bonds is 10. The largest absolute Gasteiger partial charge is 0.392 e. The molecule has 4 heterocycles. The number of hydrogen-bond donors (Lipinski definition) is 5. The molecule has 6 N–H and O–H groups in total. The van der Waals surface area contributed by atoms with Gasteiger partial charge in [0.05, 0.1) is 23.4 Å². The molecule has 11 heteroatoms. The van der Waals surface area contributed by atoms with Crippen molar-refractivity contribution >= 4 is 33.3 Å². The minimum absolute atomic E-state index is 0.0354. The van der Waals surface area contributed by atoms with Gasteiger partial charge in [0, 0.05) is 61.3 Å². The van der Waals surface area contributed by atoms with Gasteiger partial charge in [-0.3, -0.25) is 14.3 Å². The van der Waals surface area contributed by atoms with E-state index < -0.39 is 11.4 Å². The van der Waals surface area contributed by atoms with Gasteiger partial charge in [0.15, 0.2) is 0 Å². The number of aliphatic hydroxyl groups excluding tert-OH is 1. The number of aromatic amines is 1. The maximum atomic E-state index is 15.3. The van der Waals surface area contributed by atoms with Crippen molar-refractivity contribution in [2.45, 2.75) is 31.8 Å². The summed E-state index contributed by atoms with van der Waals surface area (Å²) in [4.78, 5) is 28.5. The van der Waals surface area contributed by atoms with E-state index >= 15 is 4.39 Å². The standard InChI is InChI=1S/C34H37FN8O2/c1-37-10-11-38-19-42-12-7-21(8-13-42)28-17-25-31(40-34(36)41-32(25)39-28)24-3-2-4-29(26(24)18-44)43-14-9-22-15-23(20-5-6-20)16-27(35)30(22)33(43)45/h2-4,7,9,14-17,20,37-38,44H,5-6,8,10-13,18-19H2,1H3,(H3,36,39,40,41). The number of fused-ring (bicyclic) bond motifs is 2. The number of aliphatic hydroxyl groups is 1. The molecular weight excluding hydrogens is 571 g/mol. The Hall–Kier alpha value is -4.42. The highest BCUT2D eigenvalue weighted by atomic mass is 19.1. The minimum Gasteiger partial charge on any atom is -0.392 e. The Morgan fingerprint density at radius 1 is 1.16 bits per heavy atom. The van der Waals surface area contributed by atoms with Gasteiger partial charge in [-0.25, -0.2) is 9.37 Å². The number of benzene rings is 2. The van der Waals surface area contributed by atoms with Crippen LogP contribution in [0.15, 0.2) is 59.5 Å². The maximum absolute atomic E-state index is 15.3. The van der Waals surface area contributed by atoms with E-state index in [0.29, 0.717) is 39.5 Å². The van der Waals surface area contributed by atoms with E-state index in [9.17, 15) is 9.90 Å². The second-order valence-electron chi connectivity index (χ2n) is 11.9. The van der Waals surface area contributed by atoms with Crippen molar-refractivity contribution in [3.63, 3.8) is 0 Å². The van der Waals surface area contributed by atoms with Crippen LogP contribution in [0, 0.1) is 5.82 Å². The normalized spacial score (nSPS) is 15.7. The zero-order valence-electron chi connectivity index (χ0n) is 25.2. The Balaban J connectivity index is 1.26. The zero-order valence-corrected chi connectivity index (χ0v) is 25.2. The summed E-state index contributed by atoms with van der Waals surface area (Å²) in [6.45, 7) is 4.06. The molecule has 45 heavy (non-hydrogen) atoms. The van der Waals surface area contributed by atoms with Gasteiger partial charge < -0.3 is 26.5 Å². The summed E-state index contributed by atoms with van der Waals surface area (Å²) in [5.74, 6) is -0.0615. The third-order valence-corrected chi connectivity index (χ3v) is 8.88. The summed E-state index contributed by atoms with van der Waals surface area (Å²) in [6, 6.07) is 12.6. The molecule has 0 atom stereocenters. The fourth-order valence-corrected chi connectivity index (χ4v) is 6.34. The Labute approximate surface area is 259 Å². The molecule has 0 radical (unpaired) electrons. The lowest BCUT2D eigenvalue weighted by Crippen LogP contribution is -2.39. The number of pyridine rings is 1. The Bertz CT molecular complexity index is 1990. The number of nitrogens with two attached hydrogens (primary N) is 1. The molecule has 10 nitrogen and oxygen atoms in total. The van der Waals surface area contributed by atoms with E-state index in [2.05, 4.69) is 36.6 Å². The van der Waals surface area contributed by atoms with Gasteiger partial charge in [-0.1, -0.05) is 24.3 Å². The SMILES string of the molecule is CNCCNCN1CC=C(c2cc3c(-c4cccc(-n5ccc6cc(C7CC7)cc(F)c6c5=O)c4CO)nc(N)nc3[nH]2)CC1. The van der Waals surface area contributed by atoms with Crippen molar-refractivity contribution in [1.82, 2.24) is 35.1 Å². The maximum Gasteiger partial charge on any atom is 0.265 e. The van der Waals surface area contributed by atoms with Crippen LogP contribution in [-0.2, 0) is 6.61 Å². The lowest BCUT2D eigenvalue weighted by atomic mass is 9.99. The van der Waals surface area contributed by atoms with Crippen LogP contribution in [-0.4, -0.2) is 69.4 Å². The third-order valence-electron chi connectivity index (χ3n) is 8.88. The number of aromatic nitrogens is 4. The quantitative estimate of drug-likeness (QED) is 0.151. The summed E-state index contributed by atoms with van der Waals surface area (Å²) in [6.07, 6.45) is 6.84. The highest BCUT2D eigenvalue weighted by Crippen LogP contribution is 2.41. The average molecular weight is 609 g/mol. The number of nitrogens with zero attached hydrogens (tertiary/aromatic N) is 4. The minimum atomic E-state index is -0.522. The van der Waals surface area contributed by atoms with E-state index in [1.54, 1.807) is 24.4 Å². The molecule has 0 unspecified atom stereocenters. The van der Waals surface area contributed by atoms with Gasteiger partial charge in [-0.15, -0.1) is 0 Å². The molecule has 1 fully saturated rings. The smallest absolute Gasteiger partial charge is 0.265 e. The first-order valence-corrected chi connectivity index (χ1v) is 15.5. The van der Waals surface area contributed by atoms with E-state index in [4.69, 9.17) is 5.73 Å². The van der Waals surface area contributed by atoms with E-state index in [0.717, 1.165) is 68.8 Å². The Morgan fingerprint density at radius 2 is 2.02 bits per heavy atom. The lowest BCUT2D eigenvalue weighted by Gasteiger charge is -2.26. The van der Waals surface area contributed by atoms with Crippen LogP contribution in [0.2, 0.25) is 0 Å². The predicted octanol–water partition coefficient (Wildman–Crippen LogP) is 3.88. The van der Waals surface area contributed by atoms with Crippen LogP contribution in [0.4, 0.5) is 10.3 Å². The summed E-state index contributed by atoms with van der Waals surface area (Å²) in [7, 11) is 1.94. The molecule has 1 aliphatic carbocycles. The van der Waals surface area contributed by atoms with Crippen LogP contribution in [0.25, 0.3) is 44.3 Å². The first-order valence-electron chi connectivity index (χ1n) is 15.5. The van der Waals surface area contributed by atoms with Crippen LogP contribution in [0.1, 0.15) is 42.0 Å². The molecule has 7 rings (SSSR count). The van der Waals surface area contributed by atoms with Gasteiger partial charge in [-0.05, 0) is 73.0 Å². The first-order chi connectivity index (χ1) is 21.9. The number of nitrogen functional groups attached to an aromatic ring is 1. The van der Waals surface area contributed by atoms with E-state index in [1.165, 1.54) is 16.2 Å². The van der Waals surface area contributed by atoms with Crippen molar-refractivity contribution in [2.24, 2.45) is 0 Å². The van der Waals surface area contributed by atoms with Crippen LogP contribution in [0.5, 0.6) is 0 Å². The number of likely N-dealkylation sites (N-methyl/N-ethyl adjacent to an activating group) is 1. The summed E-state index contributed by atoms with van der Waals surface area (Å²) >= 11 is 0. The first kappa shape index (κ1) is 29.3. The number of anilines is 1. The summed E-state index contributed by atoms with van der Waals surface area (Å²) in [5, 5.41) is 18.6. The molecule has 1 saturated carbocycles. The summed E-state index contributed by atoms with van der Waals surface area (Å²) in [5.41, 5.74) is 11.5. The van der Waals surface area contributed by atoms with Crippen molar-refractivity contribution in [3.8, 4) is 16.9 Å². The highest BCUT2D eigenvalue weighted by Gasteiger charge is 2.26. The molecule has 2 aliphatic rings. The van der Waals surface area contributed by atoms with Crippen LogP contribution >= 0.6 is 0 Å². The molecule has 1 aliphatic heterocycles. The average Bonchev–Trinajstić information content (AvgIpc) is 3.81. The fraction of sp³-hybridized carbons (Fsp3) is 0.324. The molecule has 0 spiro atoms.